The van der Waals surface area contributed by atoms with Crippen LogP contribution in [0.5, 0.6) is 11.5 Å². The summed E-state index contributed by atoms with van der Waals surface area (Å²) in [5.74, 6) is 1.99. The second-order valence-corrected chi connectivity index (χ2v) is 6.72. The molecule has 0 amide bonds. The van der Waals surface area contributed by atoms with Crippen molar-refractivity contribution in [3.8, 4) is 23.0 Å². The Hall–Kier alpha value is -3.28. The minimum atomic E-state index is -0.333. The van der Waals surface area contributed by atoms with Gasteiger partial charge < -0.3 is 18.6 Å². The van der Waals surface area contributed by atoms with E-state index in [4.69, 9.17) is 18.6 Å². The van der Waals surface area contributed by atoms with Gasteiger partial charge in [0.2, 0.25) is 5.89 Å². The van der Waals surface area contributed by atoms with Crippen LogP contribution in [-0.2, 0) is 9.53 Å². The number of oxazole rings is 1. The van der Waals surface area contributed by atoms with E-state index in [9.17, 15) is 4.79 Å². The van der Waals surface area contributed by atoms with E-state index < -0.39 is 0 Å². The highest BCUT2D eigenvalue weighted by Gasteiger charge is 2.13. The number of carbonyl (C=O) groups excluding carboxylic acids is 1. The number of benzene rings is 1. The number of methoxy groups -OCH3 is 1. The largest absolute Gasteiger partial charge is 0.493 e. The Kier molecular flexibility index (Phi) is 8.94. The summed E-state index contributed by atoms with van der Waals surface area (Å²) in [6, 6.07) is 5.55. The summed E-state index contributed by atoms with van der Waals surface area (Å²) in [5.41, 5.74) is 1.85. The fourth-order valence-electron chi connectivity index (χ4n) is 2.71. The Morgan fingerprint density at radius 2 is 1.83 bits per heavy atom. The van der Waals surface area contributed by atoms with Gasteiger partial charge in [0, 0.05) is 11.1 Å². The number of ether oxygens (including phenoxy) is 3. The lowest BCUT2D eigenvalue weighted by atomic mass is 10.2. The van der Waals surface area contributed by atoms with Crippen LogP contribution < -0.4 is 9.47 Å². The molecule has 1 aromatic heterocycles. The number of unbranched alkanes of at least 4 members (excludes halogenated alkanes) is 3. The Balaban J connectivity index is 1.82. The summed E-state index contributed by atoms with van der Waals surface area (Å²) in [7, 11) is 1.60. The summed E-state index contributed by atoms with van der Waals surface area (Å²) in [5, 5.41) is 0. The zero-order valence-electron chi connectivity index (χ0n) is 17.7. The van der Waals surface area contributed by atoms with Crippen molar-refractivity contribution in [1.29, 1.82) is 0 Å². The molecule has 0 bridgehead atoms. The second-order valence-electron chi connectivity index (χ2n) is 6.72. The lowest BCUT2D eigenvalue weighted by molar-refractivity contribution is -0.139. The van der Waals surface area contributed by atoms with Crippen LogP contribution in [0.3, 0.4) is 0 Å². The molecule has 1 heterocycles. The molecule has 160 valence electrons. The van der Waals surface area contributed by atoms with Crippen molar-refractivity contribution in [2.75, 3.05) is 20.3 Å². The molecule has 30 heavy (non-hydrogen) atoms. The molecule has 6 heteroatoms. The van der Waals surface area contributed by atoms with Gasteiger partial charge in [-0.2, -0.15) is 0 Å². The van der Waals surface area contributed by atoms with Crippen LogP contribution in [0.1, 0.15) is 44.1 Å². The fourth-order valence-corrected chi connectivity index (χ4v) is 2.71. The predicted octanol–water partition coefficient (Wildman–Crippen LogP) is 5.69. The van der Waals surface area contributed by atoms with Gasteiger partial charge in [-0.15, -0.1) is 0 Å². The van der Waals surface area contributed by atoms with Gasteiger partial charge in [-0.25, -0.2) is 9.78 Å². The maximum absolute atomic E-state index is 11.3. The first kappa shape index (κ1) is 23.0. The average Bonchev–Trinajstić information content (AvgIpc) is 3.18. The third kappa shape index (κ3) is 6.37. The van der Waals surface area contributed by atoms with E-state index in [1.807, 2.05) is 18.2 Å². The van der Waals surface area contributed by atoms with Crippen LogP contribution in [0.15, 0.2) is 47.9 Å². The van der Waals surface area contributed by atoms with Gasteiger partial charge in [0.25, 0.3) is 0 Å². The molecule has 0 spiro atoms. The van der Waals surface area contributed by atoms with E-state index in [-0.39, 0.29) is 5.97 Å². The average molecular weight is 411 g/mol. The molecule has 0 atom stereocenters. The first-order valence-electron chi connectivity index (χ1n) is 9.89. The minimum Gasteiger partial charge on any atom is -0.493 e. The molecule has 0 fully saturated rings. The Morgan fingerprint density at radius 3 is 2.43 bits per heavy atom. The Morgan fingerprint density at radius 1 is 1.10 bits per heavy atom. The van der Waals surface area contributed by atoms with E-state index in [1.54, 1.807) is 26.2 Å². The van der Waals surface area contributed by atoms with Crippen LogP contribution >= 0.6 is 0 Å². The van der Waals surface area contributed by atoms with Gasteiger partial charge in [0.05, 0.1) is 20.3 Å². The molecule has 0 saturated carbocycles. The van der Waals surface area contributed by atoms with E-state index in [0.29, 0.717) is 47.6 Å². The number of rotatable bonds is 13. The molecule has 6 nitrogen and oxygen atoms in total. The smallest absolute Gasteiger partial charge is 0.333 e. The van der Waals surface area contributed by atoms with E-state index in [0.717, 1.165) is 31.2 Å². The zero-order valence-corrected chi connectivity index (χ0v) is 17.7. The van der Waals surface area contributed by atoms with Gasteiger partial charge in [-0.1, -0.05) is 19.7 Å². The molecule has 0 saturated heterocycles. The highest BCUT2D eigenvalue weighted by Crippen LogP contribution is 2.33. The van der Waals surface area contributed by atoms with E-state index in [2.05, 4.69) is 24.7 Å². The lowest BCUT2D eigenvalue weighted by Gasteiger charge is -2.11. The number of nitrogens with zero attached hydrogens (tertiary/aromatic N) is 1. The minimum absolute atomic E-state index is 0.333. The summed E-state index contributed by atoms with van der Waals surface area (Å²) < 4.78 is 22.1. The maximum Gasteiger partial charge on any atom is 0.333 e. The van der Waals surface area contributed by atoms with E-state index >= 15 is 0 Å². The maximum atomic E-state index is 11.3. The molecular formula is C24H29NO5. The van der Waals surface area contributed by atoms with Crippen LogP contribution in [0.4, 0.5) is 0 Å². The molecule has 0 radical (unpaired) electrons. The van der Waals surface area contributed by atoms with Crippen LogP contribution in [0.2, 0.25) is 0 Å². The number of hydrogen-bond donors (Lipinski definition) is 0. The SMILES string of the molecule is C=Cc1nc(-c2ccc(OCCCCCCOC(=O)C(=C)C)c(OC)c2)oc1C=C. The van der Waals surface area contributed by atoms with Gasteiger partial charge in [-0.3, -0.25) is 0 Å². The first-order valence-corrected chi connectivity index (χ1v) is 9.89. The topological polar surface area (TPSA) is 70.8 Å². The molecule has 0 unspecified atom stereocenters. The summed E-state index contributed by atoms with van der Waals surface area (Å²) >= 11 is 0. The molecule has 2 rings (SSSR count). The third-order valence-corrected chi connectivity index (χ3v) is 4.35. The van der Waals surface area contributed by atoms with Gasteiger partial charge >= 0.3 is 5.97 Å². The van der Waals surface area contributed by atoms with Crippen molar-refractivity contribution >= 4 is 18.1 Å². The molecule has 0 aliphatic heterocycles. The lowest BCUT2D eigenvalue weighted by Crippen LogP contribution is -2.06. The first-order chi connectivity index (χ1) is 14.5. The standard InChI is InChI=1S/C24H29NO5/c1-6-19-20(7-2)30-23(25-19)18-12-13-21(22(16-18)27-5)28-14-10-8-9-11-15-29-24(26)17(3)4/h6-7,12-13,16H,1-3,8-11,14-15H2,4-5H3. The Bertz CT molecular complexity index is 871. The number of carbonyl (C=O) groups is 1. The summed E-state index contributed by atoms with van der Waals surface area (Å²) in [6.45, 7) is 13.6. The van der Waals surface area contributed by atoms with Crippen molar-refractivity contribution in [1.82, 2.24) is 4.98 Å². The second kappa shape index (κ2) is 11.7. The van der Waals surface area contributed by atoms with Gasteiger partial charge in [-0.05, 0) is 63.0 Å². The molecule has 0 aliphatic carbocycles. The fraction of sp³-hybridized carbons (Fsp3) is 0.333. The quantitative estimate of drug-likeness (QED) is 0.239. The number of aromatic nitrogens is 1. The molecule has 1 aromatic carbocycles. The van der Waals surface area contributed by atoms with Crippen molar-refractivity contribution in [2.45, 2.75) is 32.6 Å². The van der Waals surface area contributed by atoms with Crippen LogP contribution in [0, 0.1) is 0 Å². The normalized spacial score (nSPS) is 10.3. The molecule has 2 aromatic rings. The monoisotopic (exact) mass is 411 g/mol. The highest BCUT2D eigenvalue weighted by atomic mass is 16.5. The summed E-state index contributed by atoms with van der Waals surface area (Å²) in [4.78, 5) is 15.7. The van der Waals surface area contributed by atoms with Crippen LogP contribution in [0.25, 0.3) is 23.6 Å². The molecule has 0 aliphatic rings. The van der Waals surface area contributed by atoms with Gasteiger partial charge in [0.15, 0.2) is 17.3 Å². The van der Waals surface area contributed by atoms with Crippen molar-refractivity contribution in [2.24, 2.45) is 0 Å². The van der Waals surface area contributed by atoms with Crippen molar-refractivity contribution in [3.05, 3.63) is 55.0 Å². The number of esters is 1. The number of hydrogen-bond acceptors (Lipinski definition) is 6. The molecular weight excluding hydrogens is 382 g/mol. The Labute approximate surface area is 177 Å². The van der Waals surface area contributed by atoms with Crippen LogP contribution in [-0.4, -0.2) is 31.3 Å². The van der Waals surface area contributed by atoms with Gasteiger partial charge in [0.1, 0.15) is 5.69 Å². The van der Waals surface area contributed by atoms with Crippen molar-refractivity contribution in [3.63, 3.8) is 0 Å². The zero-order chi connectivity index (χ0) is 21.9. The third-order valence-electron chi connectivity index (χ3n) is 4.35. The summed E-state index contributed by atoms with van der Waals surface area (Å²) in [6.07, 6.45) is 6.90. The van der Waals surface area contributed by atoms with Crippen molar-refractivity contribution < 1.29 is 23.4 Å². The highest BCUT2D eigenvalue weighted by molar-refractivity contribution is 5.86. The predicted molar refractivity (Wildman–Crippen MR) is 118 cm³/mol. The van der Waals surface area contributed by atoms with E-state index in [1.165, 1.54) is 0 Å². The molecule has 0 N–H and O–H groups in total.